The average molecular weight is 397 g/mol. The van der Waals surface area contributed by atoms with Crippen LogP contribution in [0.5, 0.6) is 5.75 Å². The van der Waals surface area contributed by atoms with Crippen LogP contribution in [0.15, 0.2) is 24.7 Å². The maximum atomic E-state index is 8.74. The Balaban J connectivity index is 0.000000465. The van der Waals surface area contributed by atoms with E-state index in [9.17, 15) is 0 Å². The molecular formula is C19H28N2O5S. The van der Waals surface area contributed by atoms with Gasteiger partial charge in [0.1, 0.15) is 5.75 Å². The van der Waals surface area contributed by atoms with Gasteiger partial charge in [0.05, 0.1) is 13.4 Å². The number of hydrogen-bond donors (Lipinski definition) is 3. The van der Waals surface area contributed by atoms with E-state index < -0.39 is 10.4 Å². The first-order chi connectivity index (χ1) is 12.5. The normalized spacial score (nSPS) is 16.9. The molecule has 1 unspecified atom stereocenters. The number of H-pyrrole nitrogens is 1. The Morgan fingerprint density at radius 1 is 1.30 bits per heavy atom. The molecule has 1 aromatic heterocycles. The van der Waals surface area contributed by atoms with Crippen molar-refractivity contribution in [3.05, 3.63) is 47.0 Å². The molecule has 1 aliphatic rings. The van der Waals surface area contributed by atoms with Gasteiger partial charge in [-0.1, -0.05) is 26.8 Å². The van der Waals surface area contributed by atoms with Crippen molar-refractivity contribution in [2.24, 2.45) is 0 Å². The standard InChI is InChI=1S/C19H26N2O.H2O4S/c1-19(2,3)17-10-16-13(8-15-11-20-12-21-15)6-5-7-14(16)9-18(17)22-4;1-5(2,3)4/h9-13H,5-8H2,1-4H3,(H,20,21);(H2,1,2,3,4). The van der Waals surface area contributed by atoms with E-state index in [0.717, 1.165) is 18.6 Å². The Bertz CT molecular complexity index is 847. The number of methoxy groups -OCH3 is 1. The fourth-order valence-corrected chi connectivity index (χ4v) is 3.56. The molecule has 0 saturated heterocycles. The van der Waals surface area contributed by atoms with Crippen molar-refractivity contribution in [3.63, 3.8) is 0 Å². The number of fused-ring (bicyclic) bond motifs is 1. The predicted molar refractivity (Wildman–Crippen MR) is 104 cm³/mol. The van der Waals surface area contributed by atoms with Crippen molar-refractivity contribution in [1.29, 1.82) is 0 Å². The van der Waals surface area contributed by atoms with E-state index in [0.29, 0.717) is 5.92 Å². The molecule has 150 valence electrons. The first-order valence-electron chi connectivity index (χ1n) is 8.87. The molecule has 0 spiro atoms. The molecular weight excluding hydrogens is 368 g/mol. The number of aromatic amines is 1. The molecule has 7 nitrogen and oxygen atoms in total. The minimum Gasteiger partial charge on any atom is -0.496 e. The highest BCUT2D eigenvalue weighted by Gasteiger charge is 2.26. The summed E-state index contributed by atoms with van der Waals surface area (Å²) < 4.78 is 37.2. The van der Waals surface area contributed by atoms with Crippen molar-refractivity contribution < 1.29 is 22.3 Å². The molecule has 3 rings (SSSR count). The van der Waals surface area contributed by atoms with Crippen molar-refractivity contribution in [2.75, 3.05) is 7.11 Å². The number of imidazole rings is 1. The molecule has 0 saturated carbocycles. The number of aryl methyl sites for hydroxylation is 1. The van der Waals surface area contributed by atoms with Crippen LogP contribution in [0.3, 0.4) is 0 Å². The van der Waals surface area contributed by atoms with E-state index in [1.807, 2.05) is 6.20 Å². The van der Waals surface area contributed by atoms with Crippen LogP contribution < -0.4 is 4.74 Å². The lowest BCUT2D eigenvalue weighted by Gasteiger charge is -2.30. The fourth-order valence-electron chi connectivity index (χ4n) is 3.56. The summed E-state index contributed by atoms with van der Waals surface area (Å²) in [5.41, 5.74) is 5.60. The summed E-state index contributed by atoms with van der Waals surface area (Å²) in [6.07, 6.45) is 8.43. The van der Waals surface area contributed by atoms with E-state index in [4.69, 9.17) is 22.3 Å². The summed E-state index contributed by atoms with van der Waals surface area (Å²) >= 11 is 0. The average Bonchev–Trinajstić information content (AvgIpc) is 3.04. The maximum Gasteiger partial charge on any atom is 0.394 e. The van der Waals surface area contributed by atoms with Crippen LogP contribution in [0, 0.1) is 0 Å². The number of aromatic nitrogens is 2. The molecule has 1 heterocycles. The Kier molecular flexibility index (Phi) is 6.67. The third-order valence-electron chi connectivity index (χ3n) is 4.73. The van der Waals surface area contributed by atoms with Crippen molar-refractivity contribution in [2.45, 2.75) is 57.8 Å². The molecule has 0 radical (unpaired) electrons. The second-order valence-electron chi connectivity index (χ2n) is 7.82. The summed E-state index contributed by atoms with van der Waals surface area (Å²) in [4.78, 5) is 7.40. The van der Waals surface area contributed by atoms with Gasteiger partial charge in [0.15, 0.2) is 0 Å². The van der Waals surface area contributed by atoms with Gasteiger partial charge in [-0.05, 0) is 59.8 Å². The van der Waals surface area contributed by atoms with Gasteiger partial charge in [0.2, 0.25) is 0 Å². The monoisotopic (exact) mass is 396 g/mol. The van der Waals surface area contributed by atoms with Gasteiger partial charge in [-0.25, -0.2) is 4.98 Å². The van der Waals surface area contributed by atoms with Crippen LogP contribution in [0.25, 0.3) is 0 Å². The van der Waals surface area contributed by atoms with Gasteiger partial charge in [-0.15, -0.1) is 0 Å². The van der Waals surface area contributed by atoms with Gasteiger partial charge < -0.3 is 9.72 Å². The largest absolute Gasteiger partial charge is 0.496 e. The zero-order chi connectivity index (χ0) is 20.2. The lowest BCUT2D eigenvalue weighted by molar-refractivity contribution is 0.381. The van der Waals surface area contributed by atoms with Crippen molar-refractivity contribution in [1.82, 2.24) is 9.97 Å². The van der Waals surface area contributed by atoms with Crippen molar-refractivity contribution >= 4 is 10.4 Å². The molecule has 0 fully saturated rings. The lowest BCUT2D eigenvalue weighted by Crippen LogP contribution is -2.18. The number of rotatable bonds is 3. The second-order valence-corrected chi connectivity index (χ2v) is 8.71. The van der Waals surface area contributed by atoms with Crippen LogP contribution in [0.4, 0.5) is 0 Å². The van der Waals surface area contributed by atoms with Crippen LogP contribution in [0.2, 0.25) is 0 Å². The summed E-state index contributed by atoms with van der Waals surface area (Å²) in [5.74, 6) is 1.62. The summed E-state index contributed by atoms with van der Waals surface area (Å²) in [5, 5.41) is 0. The van der Waals surface area contributed by atoms with Gasteiger partial charge in [0.25, 0.3) is 0 Å². The van der Waals surface area contributed by atoms with E-state index in [2.05, 4.69) is 42.9 Å². The van der Waals surface area contributed by atoms with Gasteiger partial charge >= 0.3 is 10.4 Å². The summed E-state index contributed by atoms with van der Waals surface area (Å²) in [6, 6.07) is 4.67. The van der Waals surface area contributed by atoms with E-state index >= 15 is 0 Å². The lowest BCUT2D eigenvalue weighted by atomic mass is 9.76. The smallest absolute Gasteiger partial charge is 0.394 e. The molecule has 2 aromatic rings. The zero-order valence-corrected chi connectivity index (χ0v) is 17.0. The zero-order valence-electron chi connectivity index (χ0n) is 16.2. The molecule has 0 amide bonds. The minimum atomic E-state index is -4.67. The summed E-state index contributed by atoms with van der Waals surface area (Å²) in [7, 11) is -2.89. The van der Waals surface area contributed by atoms with Gasteiger partial charge in [-0.3, -0.25) is 9.11 Å². The minimum absolute atomic E-state index is 0.0936. The van der Waals surface area contributed by atoms with E-state index in [-0.39, 0.29) is 5.41 Å². The molecule has 1 aliphatic carbocycles. The van der Waals surface area contributed by atoms with Crippen molar-refractivity contribution in [3.8, 4) is 5.75 Å². The van der Waals surface area contributed by atoms with Gasteiger partial charge in [0, 0.05) is 11.9 Å². The highest BCUT2D eigenvalue weighted by atomic mass is 32.3. The number of ether oxygens (including phenoxy) is 1. The third-order valence-corrected chi connectivity index (χ3v) is 4.73. The first kappa shape index (κ1) is 21.4. The van der Waals surface area contributed by atoms with Gasteiger partial charge in [-0.2, -0.15) is 8.42 Å². The Hall–Kier alpha value is -1.90. The first-order valence-corrected chi connectivity index (χ1v) is 10.3. The van der Waals surface area contributed by atoms with E-state index in [1.54, 1.807) is 13.4 Å². The Labute approximate surface area is 160 Å². The topological polar surface area (TPSA) is 113 Å². The number of nitrogens with zero attached hydrogens (tertiary/aromatic N) is 1. The molecule has 0 bridgehead atoms. The molecule has 1 atom stereocenters. The quantitative estimate of drug-likeness (QED) is 0.682. The highest BCUT2D eigenvalue weighted by Crippen LogP contribution is 2.40. The molecule has 27 heavy (non-hydrogen) atoms. The Morgan fingerprint density at radius 3 is 2.48 bits per heavy atom. The van der Waals surface area contributed by atoms with Crippen LogP contribution >= 0.6 is 0 Å². The van der Waals surface area contributed by atoms with Crippen LogP contribution in [-0.2, 0) is 28.7 Å². The number of benzene rings is 1. The molecule has 0 aliphatic heterocycles. The fraction of sp³-hybridized carbons (Fsp3) is 0.526. The maximum absolute atomic E-state index is 8.74. The number of hydrogen-bond acceptors (Lipinski definition) is 4. The van der Waals surface area contributed by atoms with E-state index in [1.165, 1.54) is 35.2 Å². The highest BCUT2D eigenvalue weighted by molar-refractivity contribution is 7.79. The summed E-state index contributed by atoms with van der Waals surface area (Å²) in [6.45, 7) is 6.76. The molecule has 8 heteroatoms. The second kappa shape index (κ2) is 8.41. The third kappa shape index (κ3) is 6.34. The Morgan fingerprint density at radius 2 is 1.96 bits per heavy atom. The van der Waals surface area contributed by atoms with Crippen LogP contribution in [0.1, 0.15) is 61.9 Å². The van der Waals surface area contributed by atoms with Crippen LogP contribution in [-0.4, -0.2) is 34.6 Å². The SMILES string of the molecule is COc1cc2c(cc1C(C)(C)C)C(Cc1cnc[nH]1)CCC2.O=S(=O)(O)O. The number of nitrogens with one attached hydrogen (secondary N) is 1. The molecule has 1 aromatic carbocycles. The predicted octanol–water partition coefficient (Wildman–Crippen LogP) is 3.73. The molecule has 3 N–H and O–H groups in total.